The van der Waals surface area contributed by atoms with Crippen LogP contribution < -0.4 is 0 Å². The topological polar surface area (TPSA) is 58.6 Å². The first-order valence-electron chi connectivity index (χ1n) is 7.78. The van der Waals surface area contributed by atoms with Crippen LogP contribution in [0.4, 0.5) is 10.1 Å². The van der Waals surface area contributed by atoms with Gasteiger partial charge in [-0.1, -0.05) is 28.1 Å². The summed E-state index contributed by atoms with van der Waals surface area (Å²) in [4.78, 5) is 8.78. The fourth-order valence-electron chi connectivity index (χ4n) is 2.52. The first kappa shape index (κ1) is 16.5. The molecule has 128 valence electrons. The molecule has 0 unspecified atom stereocenters. The quantitative estimate of drug-likeness (QED) is 0.430. The molecule has 0 radical (unpaired) electrons. The zero-order valence-electron chi connectivity index (χ0n) is 13.4. The third kappa shape index (κ3) is 3.23. The van der Waals surface area contributed by atoms with Crippen LogP contribution in [0.25, 0.3) is 22.6 Å². The van der Waals surface area contributed by atoms with E-state index in [9.17, 15) is 9.50 Å². The molecular formula is C20H12BrFN2O2. The Hall–Kier alpha value is -2.99. The molecule has 0 aliphatic heterocycles. The predicted octanol–water partition coefficient (Wildman–Crippen LogP) is 5.85. The lowest BCUT2D eigenvalue weighted by Crippen LogP contribution is -1.85. The Labute approximate surface area is 156 Å². The van der Waals surface area contributed by atoms with Gasteiger partial charge in [-0.15, -0.1) is 0 Å². The maximum Gasteiger partial charge on any atom is 0.227 e. The Morgan fingerprint density at radius 3 is 2.77 bits per heavy atom. The van der Waals surface area contributed by atoms with E-state index in [0.29, 0.717) is 28.2 Å². The molecule has 4 aromatic rings. The van der Waals surface area contributed by atoms with Gasteiger partial charge >= 0.3 is 0 Å². The lowest BCUT2D eigenvalue weighted by molar-refractivity contribution is 0.431. The van der Waals surface area contributed by atoms with E-state index in [1.165, 1.54) is 18.3 Å². The summed E-state index contributed by atoms with van der Waals surface area (Å²) in [7, 11) is 0. The number of aromatic nitrogens is 1. The third-order valence-corrected chi connectivity index (χ3v) is 4.31. The summed E-state index contributed by atoms with van der Waals surface area (Å²) in [5, 5.41) is 9.70. The highest BCUT2D eigenvalue weighted by Crippen LogP contribution is 2.28. The minimum Gasteiger partial charge on any atom is -0.504 e. The van der Waals surface area contributed by atoms with Crippen LogP contribution in [0.2, 0.25) is 0 Å². The van der Waals surface area contributed by atoms with Crippen molar-refractivity contribution in [2.75, 3.05) is 0 Å². The number of benzene rings is 3. The number of fused-ring (bicyclic) bond motifs is 1. The van der Waals surface area contributed by atoms with Crippen LogP contribution in [-0.4, -0.2) is 16.3 Å². The lowest BCUT2D eigenvalue weighted by atomic mass is 10.2. The molecular weight excluding hydrogens is 399 g/mol. The molecule has 0 spiro atoms. The van der Waals surface area contributed by atoms with E-state index in [1.54, 1.807) is 24.3 Å². The second kappa shape index (κ2) is 6.72. The minimum atomic E-state index is -0.681. The Balaban J connectivity index is 1.67. The van der Waals surface area contributed by atoms with Gasteiger partial charge in [0.2, 0.25) is 5.89 Å². The molecule has 0 fully saturated rings. The summed E-state index contributed by atoms with van der Waals surface area (Å²) in [5.74, 6) is -0.583. The van der Waals surface area contributed by atoms with Gasteiger partial charge in [-0.3, -0.25) is 4.99 Å². The number of oxazole rings is 1. The maximum atomic E-state index is 13.4. The molecule has 0 atom stereocenters. The molecule has 4 nitrogen and oxygen atoms in total. The predicted molar refractivity (Wildman–Crippen MR) is 102 cm³/mol. The van der Waals surface area contributed by atoms with Gasteiger partial charge in [-0.05, 0) is 48.5 Å². The van der Waals surface area contributed by atoms with Gasteiger partial charge in [-0.25, -0.2) is 9.37 Å². The molecule has 0 aliphatic rings. The molecule has 4 rings (SSSR count). The minimum absolute atomic E-state index is 0.306. The van der Waals surface area contributed by atoms with Crippen molar-refractivity contribution in [3.05, 3.63) is 76.5 Å². The zero-order chi connectivity index (χ0) is 18.1. The van der Waals surface area contributed by atoms with Crippen LogP contribution in [0.15, 0.2) is 74.5 Å². The first-order chi connectivity index (χ1) is 12.6. The molecule has 1 heterocycles. The fraction of sp³-hybridized carbons (Fsp3) is 0. The van der Waals surface area contributed by atoms with Crippen molar-refractivity contribution in [1.29, 1.82) is 0 Å². The summed E-state index contributed by atoms with van der Waals surface area (Å²) < 4.78 is 20.1. The van der Waals surface area contributed by atoms with Crippen LogP contribution >= 0.6 is 15.9 Å². The van der Waals surface area contributed by atoms with Gasteiger partial charge in [0.05, 0.1) is 5.69 Å². The van der Waals surface area contributed by atoms with Crippen LogP contribution in [0.3, 0.4) is 0 Å². The summed E-state index contributed by atoms with van der Waals surface area (Å²) >= 11 is 3.43. The number of nitrogens with zero attached hydrogens (tertiary/aromatic N) is 2. The number of aliphatic imine (C=N–C) groups is 1. The number of aromatic hydroxyl groups is 1. The van der Waals surface area contributed by atoms with E-state index in [1.807, 2.05) is 24.3 Å². The summed E-state index contributed by atoms with van der Waals surface area (Å²) in [6.45, 7) is 0. The average molecular weight is 411 g/mol. The van der Waals surface area contributed by atoms with Crippen molar-refractivity contribution in [2.45, 2.75) is 0 Å². The van der Waals surface area contributed by atoms with Crippen molar-refractivity contribution < 1.29 is 13.9 Å². The standard InChI is InChI=1S/C20H12BrFN2O2/c21-14-5-1-3-12(9-14)20-24-17-10-15(7-8-18(17)26-20)23-11-13-4-2-6-16(22)19(13)25/h1-11,25H. The number of hydrogen-bond acceptors (Lipinski definition) is 4. The van der Waals surface area contributed by atoms with Gasteiger partial charge in [-0.2, -0.15) is 0 Å². The van der Waals surface area contributed by atoms with Gasteiger partial charge in [0.15, 0.2) is 17.1 Å². The van der Waals surface area contributed by atoms with Crippen LogP contribution in [0.5, 0.6) is 5.75 Å². The summed E-state index contributed by atoms with van der Waals surface area (Å²) in [5.41, 5.74) is 3.10. The van der Waals surface area contributed by atoms with Crippen LogP contribution in [0.1, 0.15) is 5.56 Å². The Bertz CT molecular complexity index is 1140. The highest BCUT2D eigenvalue weighted by atomic mass is 79.9. The Kier molecular flexibility index (Phi) is 4.26. The number of phenols is 1. The molecule has 0 bridgehead atoms. The lowest BCUT2D eigenvalue weighted by Gasteiger charge is -1.99. The Morgan fingerprint density at radius 2 is 1.92 bits per heavy atom. The Morgan fingerprint density at radius 1 is 1.08 bits per heavy atom. The maximum absolute atomic E-state index is 13.4. The van der Waals surface area contributed by atoms with Gasteiger partial charge < -0.3 is 9.52 Å². The number of phenolic OH excluding ortho intramolecular Hbond substituents is 1. The van der Waals surface area contributed by atoms with Gasteiger partial charge in [0.25, 0.3) is 0 Å². The third-order valence-electron chi connectivity index (χ3n) is 3.81. The largest absolute Gasteiger partial charge is 0.504 e. The van der Waals surface area contributed by atoms with Crippen LogP contribution in [-0.2, 0) is 0 Å². The molecule has 0 aliphatic carbocycles. The SMILES string of the molecule is Oc1c(F)cccc1C=Nc1ccc2oc(-c3cccc(Br)c3)nc2c1. The van der Waals surface area contributed by atoms with Gasteiger partial charge in [0.1, 0.15) is 5.52 Å². The van der Waals surface area contributed by atoms with Crippen molar-refractivity contribution in [1.82, 2.24) is 4.98 Å². The second-order valence-corrected chi connectivity index (χ2v) is 6.53. The number of para-hydroxylation sites is 1. The number of halogens is 2. The molecule has 3 aromatic carbocycles. The summed E-state index contributed by atoms with van der Waals surface area (Å²) in [6, 6.07) is 17.3. The van der Waals surface area contributed by atoms with Gasteiger partial charge in [0, 0.05) is 21.8 Å². The molecule has 0 amide bonds. The van der Waals surface area contributed by atoms with E-state index in [-0.39, 0.29) is 0 Å². The van der Waals surface area contributed by atoms with E-state index >= 15 is 0 Å². The molecule has 6 heteroatoms. The fourth-order valence-corrected chi connectivity index (χ4v) is 2.92. The smallest absolute Gasteiger partial charge is 0.227 e. The monoisotopic (exact) mass is 410 g/mol. The number of rotatable bonds is 3. The highest BCUT2D eigenvalue weighted by molar-refractivity contribution is 9.10. The molecule has 1 aromatic heterocycles. The molecule has 0 saturated carbocycles. The van der Waals surface area contributed by atoms with Crippen molar-refractivity contribution in [3.8, 4) is 17.2 Å². The van der Waals surface area contributed by atoms with E-state index in [2.05, 4.69) is 25.9 Å². The molecule has 1 N–H and O–H groups in total. The second-order valence-electron chi connectivity index (χ2n) is 5.62. The average Bonchev–Trinajstić information content (AvgIpc) is 3.06. The van der Waals surface area contributed by atoms with E-state index in [4.69, 9.17) is 4.42 Å². The van der Waals surface area contributed by atoms with E-state index < -0.39 is 11.6 Å². The zero-order valence-corrected chi connectivity index (χ0v) is 14.9. The first-order valence-corrected chi connectivity index (χ1v) is 8.57. The summed E-state index contributed by atoms with van der Waals surface area (Å²) in [6.07, 6.45) is 1.41. The van der Waals surface area contributed by atoms with Crippen LogP contribution in [0, 0.1) is 5.82 Å². The number of hydrogen-bond donors (Lipinski definition) is 1. The van der Waals surface area contributed by atoms with Crippen molar-refractivity contribution in [2.24, 2.45) is 4.99 Å². The molecule has 0 saturated heterocycles. The van der Waals surface area contributed by atoms with Crippen molar-refractivity contribution in [3.63, 3.8) is 0 Å². The van der Waals surface area contributed by atoms with Crippen molar-refractivity contribution >= 4 is 38.9 Å². The highest BCUT2D eigenvalue weighted by Gasteiger charge is 2.09. The van der Waals surface area contributed by atoms with E-state index in [0.717, 1.165) is 10.0 Å². The molecule has 26 heavy (non-hydrogen) atoms. The normalized spacial score (nSPS) is 11.5.